The van der Waals surface area contributed by atoms with Gasteiger partial charge in [-0.3, -0.25) is 0 Å². The lowest BCUT2D eigenvalue weighted by Gasteiger charge is -2.28. The van der Waals surface area contributed by atoms with Crippen LogP contribution in [0, 0.1) is 0 Å². The van der Waals surface area contributed by atoms with E-state index < -0.39 is 8.80 Å². The van der Waals surface area contributed by atoms with Crippen molar-refractivity contribution in [2.24, 2.45) is 0 Å². The van der Waals surface area contributed by atoms with Gasteiger partial charge in [-0.1, -0.05) is 12.1 Å². The zero-order valence-electron chi connectivity index (χ0n) is 12.3. The van der Waals surface area contributed by atoms with E-state index in [4.69, 9.17) is 18.0 Å². The molecule has 0 saturated carbocycles. The normalized spacial score (nSPS) is 11.6. The fraction of sp³-hybridized carbons (Fsp3) is 0.571. The molecule has 1 aromatic carbocycles. The molecule has 4 nitrogen and oxygen atoms in total. The Labute approximate surface area is 117 Å². The van der Waals surface area contributed by atoms with Crippen LogP contribution in [0.4, 0.5) is 0 Å². The highest BCUT2D eigenvalue weighted by atomic mass is 28.4. The molecule has 0 aliphatic rings. The summed E-state index contributed by atoms with van der Waals surface area (Å²) in [5, 5.41) is 0. The first-order chi connectivity index (χ1) is 9.19. The van der Waals surface area contributed by atoms with Gasteiger partial charge in [0.05, 0.1) is 7.11 Å². The van der Waals surface area contributed by atoms with Crippen molar-refractivity contribution in [1.29, 1.82) is 0 Å². The van der Waals surface area contributed by atoms with Crippen molar-refractivity contribution in [2.75, 3.05) is 26.9 Å². The average Bonchev–Trinajstić information content (AvgIpc) is 2.40. The third-order valence-corrected chi connectivity index (χ3v) is 5.67. The van der Waals surface area contributed by atoms with Crippen LogP contribution in [0.5, 0.6) is 5.75 Å². The van der Waals surface area contributed by atoms with Gasteiger partial charge in [0.25, 0.3) is 0 Å². The maximum atomic E-state index is 5.84. The summed E-state index contributed by atoms with van der Waals surface area (Å²) in [6.07, 6.45) is 0. The van der Waals surface area contributed by atoms with Gasteiger partial charge in [0, 0.05) is 25.9 Å². The van der Waals surface area contributed by atoms with Gasteiger partial charge >= 0.3 is 8.80 Å². The highest BCUT2D eigenvalue weighted by Gasteiger charge is 2.40. The Kier molecular flexibility index (Phi) is 7.08. The van der Waals surface area contributed by atoms with E-state index in [2.05, 4.69) is 0 Å². The summed E-state index contributed by atoms with van der Waals surface area (Å²) in [6.45, 7) is 7.67. The quantitative estimate of drug-likeness (QED) is 0.653. The number of ether oxygens (including phenoxy) is 1. The molecule has 1 aromatic rings. The molecule has 0 aromatic heterocycles. The molecule has 19 heavy (non-hydrogen) atoms. The highest BCUT2D eigenvalue weighted by molar-refractivity contribution is 6.60. The summed E-state index contributed by atoms with van der Waals surface area (Å²) in [5.41, 5.74) is 1.11. The largest absolute Gasteiger partial charge is 0.505 e. The molecular formula is C14H24O4Si. The Morgan fingerprint density at radius 2 is 1.53 bits per heavy atom. The van der Waals surface area contributed by atoms with Crippen LogP contribution in [-0.4, -0.2) is 35.7 Å². The summed E-state index contributed by atoms with van der Waals surface area (Å²) in [7, 11) is -0.963. The predicted molar refractivity (Wildman–Crippen MR) is 77.3 cm³/mol. The van der Waals surface area contributed by atoms with Crippen LogP contribution >= 0.6 is 0 Å². The van der Waals surface area contributed by atoms with Gasteiger partial charge in [0.1, 0.15) is 5.75 Å². The first-order valence-electron chi connectivity index (χ1n) is 6.74. The number of methoxy groups -OCH3 is 1. The fourth-order valence-corrected chi connectivity index (χ4v) is 4.57. The SMILES string of the molecule is CCO[Si](Cc1cccc(OC)c1)(OCC)OCC. The molecule has 0 heterocycles. The number of rotatable bonds is 9. The smallest absolute Gasteiger partial charge is 0.497 e. The van der Waals surface area contributed by atoms with E-state index >= 15 is 0 Å². The van der Waals surface area contributed by atoms with E-state index in [1.807, 2.05) is 45.0 Å². The van der Waals surface area contributed by atoms with Crippen LogP contribution in [-0.2, 0) is 19.3 Å². The zero-order chi connectivity index (χ0) is 14.1. The van der Waals surface area contributed by atoms with Crippen molar-refractivity contribution in [3.8, 4) is 5.75 Å². The van der Waals surface area contributed by atoms with Crippen LogP contribution in [0.25, 0.3) is 0 Å². The second kappa shape index (κ2) is 8.32. The third kappa shape index (κ3) is 4.95. The maximum Gasteiger partial charge on any atom is 0.505 e. The lowest BCUT2D eigenvalue weighted by molar-refractivity contribution is 0.0704. The molecule has 0 fully saturated rings. The maximum absolute atomic E-state index is 5.84. The van der Waals surface area contributed by atoms with Crippen LogP contribution < -0.4 is 4.74 Å². The van der Waals surface area contributed by atoms with Crippen molar-refractivity contribution in [3.05, 3.63) is 29.8 Å². The van der Waals surface area contributed by atoms with Crippen molar-refractivity contribution in [2.45, 2.75) is 26.8 Å². The summed E-state index contributed by atoms with van der Waals surface area (Å²) in [6, 6.07) is 8.60. The monoisotopic (exact) mass is 284 g/mol. The van der Waals surface area contributed by atoms with E-state index in [-0.39, 0.29) is 0 Å². The minimum atomic E-state index is -2.63. The first kappa shape index (κ1) is 16.2. The molecule has 0 bridgehead atoms. The minimum Gasteiger partial charge on any atom is -0.497 e. The minimum absolute atomic E-state index is 0.593. The molecule has 0 amide bonds. The molecular weight excluding hydrogens is 260 g/mol. The Morgan fingerprint density at radius 1 is 0.947 bits per heavy atom. The Balaban J connectivity index is 2.90. The number of benzene rings is 1. The molecule has 0 N–H and O–H groups in total. The van der Waals surface area contributed by atoms with Crippen molar-refractivity contribution in [3.63, 3.8) is 0 Å². The molecule has 1 rings (SSSR count). The molecule has 0 unspecified atom stereocenters. The Bertz CT molecular complexity index is 353. The topological polar surface area (TPSA) is 36.9 Å². The molecule has 0 radical (unpaired) electrons. The lowest BCUT2D eigenvalue weighted by Crippen LogP contribution is -2.48. The van der Waals surface area contributed by atoms with E-state index in [0.717, 1.165) is 11.3 Å². The van der Waals surface area contributed by atoms with E-state index in [1.54, 1.807) is 7.11 Å². The van der Waals surface area contributed by atoms with E-state index in [1.165, 1.54) is 0 Å². The van der Waals surface area contributed by atoms with Gasteiger partial charge in [-0.05, 0) is 38.5 Å². The molecule has 108 valence electrons. The molecule has 0 atom stereocenters. The average molecular weight is 284 g/mol. The summed E-state index contributed by atoms with van der Waals surface area (Å²) >= 11 is 0. The van der Waals surface area contributed by atoms with Crippen LogP contribution in [0.2, 0.25) is 0 Å². The van der Waals surface area contributed by atoms with Gasteiger partial charge in [-0.2, -0.15) is 0 Å². The second-order valence-electron chi connectivity index (χ2n) is 4.01. The van der Waals surface area contributed by atoms with Gasteiger partial charge in [-0.25, -0.2) is 0 Å². The molecule has 5 heteroatoms. The van der Waals surface area contributed by atoms with Crippen LogP contribution in [0.15, 0.2) is 24.3 Å². The summed E-state index contributed by atoms with van der Waals surface area (Å²) in [5.74, 6) is 0.838. The first-order valence-corrected chi connectivity index (χ1v) is 8.67. The Morgan fingerprint density at radius 3 is 2.00 bits per heavy atom. The number of hydrogen-bond acceptors (Lipinski definition) is 4. The van der Waals surface area contributed by atoms with E-state index in [9.17, 15) is 0 Å². The molecule has 0 spiro atoms. The van der Waals surface area contributed by atoms with Crippen LogP contribution in [0.1, 0.15) is 26.3 Å². The fourth-order valence-electron chi connectivity index (χ4n) is 1.97. The summed E-state index contributed by atoms with van der Waals surface area (Å²) in [4.78, 5) is 0. The zero-order valence-corrected chi connectivity index (χ0v) is 13.3. The lowest BCUT2D eigenvalue weighted by atomic mass is 10.2. The molecule has 0 aliphatic carbocycles. The van der Waals surface area contributed by atoms with Crippen molar-refractivity contribution < 1.29 is 18.0 Å². The van der Waals surface area contributed by atoms with E-state index in [0.29, 0.717) is 25.9 Å². The third-order valence-electron chi connectivity index (χ3n) is 2.65. The van der Waals surface area contributed by atoms with Crippen molar-refractivity contribution >= 4 is 8.80 Å². The highest BCUT2D eigenvalue weighted by Crippen LogP contribution is 2.20. The molecule has 0 aliphatic heterocycles. The number of hydrogen-bond donors (Lipinski definition) is 0. The van der Waals surface area contributed by atoms with Crippen LogP contribution in [0.3, 0.4) is 0 Å². The Hall–Kier alpha value is -0.883. The van der Waals surface area contributed by atoms with Crippen molar-refractivity contribution in [1.82, 2.24) is 0 Å². The van der Waals surface area contributed by atoms with Gasteiger partial charge in [-0.15, -0.1) is 0 Å². The summed E-state index contributed by atoms with van der Waals surface area (Å²) < 4.78 is 22.8. The van der Waals surface area contributed by atoms with Gasteiger partial charge < -0.3 is 18.0 Å². The predicted octanol–water partition coefficient (Wildman–Crippen LogP) is 2.83. The molecule has 0 saturated heterocycles. The van der Waals surface area contributed by atoms with Gasteiger partial charge in [0.15, 0.2) is 0 Å². The standard InChI is InChI=1S/C14H24O4Si/c1-5-16-19(17-6-2,18-7-3)12-13-9-8-10-14(11-13)15-4/h8-11H,5-7,12H2,1-4H3. The van der Waals surface area contributed by atoms with Gasteiger partial charge in [0.2, 0.25) is 0 Å². The second-order valence-corrected chi connectivity index (χ2v) is 6.60.